The van der Waals surface area contributed by atoms with Crippen LogP contribution in [0.15, 0.2) is 0 Å². The molecule has 4 nitrogen and oxygen atoms in total. The summed E-state index contributed by atoms with van der Waals surface area (Å²) in [6, 6.07) is 0. The summed E-state index contributed by atoms with van der Waals surface area (Å²) in [5, 5.41) is 15.2. The number of rotatable bonds is 12. The minimum absolute atomic E-state index is 0.695. The van der Waals surface area contributed by atoms with Crippen LogP contribution in [0, 0.1) is 5.41 Å². The Hall–Kier alpha value is -0.160. The van der Waals surface area contributed by atoms with Gasteiger partial charge in [-0.25, -0.2) is 10.0 Å². The lowest BCUT2D eigenvalue weighted by Crippen LogP contribution is -2.28. The van der Waals surface area contributed by atoms with Gasteiger partial charge in [0.25, 0.3) is 0 Å². The highest BCUT2D eigenvalue weighted by molar-refractivity contribution is 6.17. The van der Waals surface area contributed by atoms with Crippen LogP contribution in [0.2, 0.25) is 0 Å². The van der Waals surface area contributed by atoms with Crippen LogP contribution >= 0.6 is 11.6 Å². The average Bonchev–Trinajstić information content (AvgIpc) is 3.06. The highest BCUT2D eigenvalue weighted by Gasteiger charge is 2.28. The molecule has 1 aliphatic heterocycles. The smallest absolute Gasteiger partial charge is 0.0802 e. The number of hydrogen-bond acceptors (Lipinski definition) is 4. The summed E-state index contributed by atoms with van der Waals surface area (Å²) in [6.45, 7) is 5.67. The molecular formula is C13H27ClN4. The maximum Gasteiger partial charge on any atom is 0.0802 e. The number of unbranched alkanes of at least 4 members (excludes halogenated alkanes) is 5. The van der Waals surface area contributed by atoms with Gasteiger partial charge in [-0.1, -0.05) is 25.7 Å². The fourth-order valence-corrected chi connectivity index (χ4v) is 2.18. The number of nitrogens with zero attached hydrogens (tertiary/aromatic N) is 2. The first-order chi connectivity index (χ1) is 8.74. The van der Waals surface area contributed by atoms with Gasteiger partial charge >= 0.3 is 0 Å². The number of nitrogens with one attached hydrogen (secondary N) is 2. The molecule has 0 saturated carbocycles. The van der Waals surface area contributed by atoms with E-state index in [4.69, 9.17) is 17.0 Å². The summed E-state index contributed by atoms with van der Waals surface area (Å²) in [5.41, 5.74) is 0.695. The van der Waals surface area contributed by atoms with E-state index in [1.165, 1.54) is 45.1 Å². The Morgan fingerprint density at radius 1 is 1.11 bits per heavy atom. The van der Waals surface area contributed by atoms with Gasteiger partial charge in [-0.3, -0.25) is 5.32 Å². The Bertz CT molecular complexity index is 235. The Morgan fingerprint density at radius 3 is 2.44 bits per heavy atom. The predicted molar refractivity (Wildman–Crippen MR) is 78.1 cm³/mol. The van der Waals surface area contributed by atoms with Gasteiger partial charge in [-0.15, -0.1) is 11.6 Å². The lowest BCUT2D eigenvalue weighted by Gasteiger charge is -2.06. The molecule has 0 aromatic heterocycles. The molecule has 0 spiro atoms. The van der Waals surface area contributed by atoms with Crippen LogP contribution in [0.25, 0.3) is 0 Å². The molecule has 0 amide bonds. The molecular weight excluding hydrogens is 248 g/mol. The molecule has 0 aromatic carbocycles. The zero-order chi connectivity index (χ0) is 13.2. The van der Waals surface area contributed by atoms with E-state index >= 15 is 0 Å². The number of alkyl halides is 1. The van der Waals surface area contributed by atoms with E-state index in [-0.39, 0.29) is 0 Å². The molecule has 2 N–H and O–H groups in total. The van der Waals surface area contributed by atoms with Crippen molar-refractivity contribution in [3.05, 3.63) is 0 Å². The minimum atomic E-state index is 0.695. The average molecular weight is 275 g/mol. The highest BCUT2D eigenvalue weighted by Crippen LogP contribution is 2.15. The largest absolute Gasteiger partial charge is 0.309 e. The molecule has 1 aliphatic rings. The lowest BCUT2D eigenvalue weighted by atomic mass is 10.1. The standard InChI is InChI=1S/C13H27ClN4/c1-13(15)10-16-11-18-12-17(18)9-7-5-3-2-4-6-8-14/h15-16H,2-12H2,1H3. The quantitative estimate of drug-likeness (QED) is 0.249. The SMILES string of the molecule is CC(=N)CNCN1CN1CCCCCCCCCl. The summed E-state index contributed by atoms with van der Waals surface area (Å²) >= 11 is 5.64. The molecule has 1 heterocycles. The predicted octanol–water partition coefficient (Wildman–Crippen LogP) is 2.64. The third-order valence-corrected chi connectivity index (χ3v) is 3.39. The first kappa shape index (κ1) is 15.9. The molecule has 5 heteroatoms. The highest BCUT2D eigenvalue weighted by atomic mass is 35.5. The fourth-order valence-electron chi connectivity index (χ4n) is 1.99. The summed E-state index contributed by atoms with van der Waals surface area (Å²) in [6.07, 6.45) is 7.75. The number of hydrazine groups is 1. The molecule has 0 bridgehead atoms. The summed E-state index contributed by atoms with van der Waals surface area (Å²) in [7, 11) is 0. The topological polar surface area (TPSA) is 41.9 Å². The third kappa shape index (κ3) is 8.03. The van der Waals surface area contributed by atoms with Gasteiger partial charge < -0.3 is 5.41 Å². The zero-order valence-electron chi connectivity index (χ0n) is 11.6. The zero-order valence-corrected chi connectivity index (χ0v) is 12.3. The van der Waals surface area contributed by atoms with E-state index in [1.54, 1.807) is 0 Å². The van der Waals surface area contributed by atoms with E-state index in [0.29, 0.717) is 12.3 Å². The van der Waals surface area contributed by atoms with Crippen LogP contribution in [0.5, 0.6) is 0 Å². The van der Waals surface area contributed by atoms with Crippen molar-refractivity contribution in [2.75, 3.05) is 32.3 Å². The van der Waals surface area contributed by atoms with Gasteiger partial charge in [0.2, 0.25) is 0 Å². The van der Waals surface area contributed by atoms with Crippen molar-refractivity contribution < 1.29 is 0 Å². The summed E-state index contributed by atoms with van der Waals surface area (Å²) in [5.74, 6) is 0.810. The normalized spacial score (nSPS) is 22.1. The van der Waals surface area contributed by atoms with E-state index in [1.807, 2.05) is 6.92 Å². The first-order valence-electron chi connectivity index (χ1n) is 7.04. The van der Waals surface area contributed by atoms with E-state index in [0.717, 1.165) is 19.2 Å². The van der Waals surface area contributed by atoms with Crippen molar-refractivity contribution in [3.8, 4) is 0 Å². The molecule has 1 rings (SSSR count). The van der Waals surface area contributed by atoms with Gasteiger partial charge in [0.1, 0.15) is 0 Å². The van der Waals surface area contributed by atoms with Crippen LogP contribution in [-0.4, -0.2) is 48.0 Å². The van der Waals surface area contributed by atoms with Crippen molar-refractivity contribution >= 4 is 17.3 Å². The maximum absolute atomic E-state index is 7.31. The fraction of sp³-hybridized carbons (Fsp3) is 0.923. The van der Waals surface area contributed by atoms with Crippen LogP contribution in [0.3, 0.4) is 0 Å². The van der Waals surface area contributed by atoms with Crippen molar-refractivity contribution in [2.45, 2.75) is 45.4 Å². The molecule has 2 unspecified atom stereocenters. The van der Waals surface area contributed by atoms with Gasteiger partial charge in [0.05, 0.1) is 13.3 Å². The number of hydrogen-bond donors (Lipinski definition) is 2. The maximum atomic E-state index is 7.31. The van der Waals surface area contributed by atoms with Crippen LogP contribution in [0.4, 0.5) is 0 Å². The van der Waals surface area contributed by atoms with E-state index in [2.05, 4.69) is 15.3 Å². The van der Waals surface area contributed by atoms with Gasteiger partial charge in [0.15, 0.2) is 0 Å². The Balaban J connectivity index is 1.80. The summed E-state index contributed by atoms with van der Waals surface area (Å²) in [4.78, 5) is 0. The van der Waals surface area contributed by atoms with Crippen molar-refractivity contribution in [3.63, 3.8) is 0 Å². The Labute approximate surface area is 116 Å². The summed E-state index contributed by atoms with van der Waals surface area (Å²) < 4.78 is 0. The molecule has 0 aliphatic carbocycles. The minimum Gasteiger partial charge on any atom is -0.309 e. The molecule has 1 saturated heterocycles. The van der Waals surface area contributed by atoms with Gasteiger partial charge in [-0.2, -0.15) is 0 Å². The second-order valence-electron chi connectivity index (χ2n) is 5.05. The number of halogens is 1. The van der Waals surface area contributed by atoms with Crippen LogP contribution in [0.1, 0.15) is 45.4 Å². The van der Waals surface area contributed by atoms with E-state index in [9.17, 15) is 0 Å². The second kappa shape index (κ2) is 9.73. The third-order valence-electron chi connectivity index (χ3n) is 3.13. The van der Waals surface area contributed by atoms with Gasteiger partial charge in [0, 0.05) is 24.7 Å². The van der Waals surface area contributed by atoms with Crippen molar-refractivity contribution in [1.82, 2.24) is 15.3 Å². The lowest BCUT2D eigenvalue weighted by molar-refractivity contribution is 0.286. The van der Waals surface area contributed by atoms with Gasteiger partial charge in [-0.05, 0) is 19.8 Å². The first-order valence-corrected chi connectivity index (χ1v) is 7.58. The monoisotopic (exact) mass is 274 g/mol. The Morgan fingerprint density at radius 2 is 1.78 bits per heavy atom. The molecule has 0 aromatic rings. The molecule has 1 fully saturated rings. The molecule has 106 valence electrons. The molecule has 18 heavy (non-hydrogen) atoms. The Kier molecular flexibility index (Phi) is 8.59. The molecule has 2 atom stereocenters. The second-order valence-corrected chi connectivity index (χ2v) is 5.43. The molecule has 0 radical (unpaired) electrons. The van der Waals surface area contributed by atoms with Crippen molar-refractivity contribution in [2.24, 2.45) is 0 Å². The van der Waals surface area contributed by atoms with Crippen LogP contribution in [-0.2, 0) is 0 Å². The van der Waals surface area contributed by atoms with E-state index < -0.39 is 0 Å². The van der Waals surface area contributed by atoms with Crippen LogP contribution < -0.4 is 5.32 Å². The van der Waals surface area contributed by atoms with Crippen molar-refractivity contribution in [1.29, 1.82) is 5.41 Å².